The number of amides is 1. The van der Waals surface area contributed by atoms with Gasteiger partial charge in [0.25, 0.3) is 5.91 Å². The first kappa shape index (κ1) is 20.2. The smallest absolute Gasteiger partial charge is 0.267 e. The number of aromatic nitrogens is 1. The summed E-state index contributed by atoms with van der Waals surface area (Å²) in [7, 11) is 0. The quantitative estimate of drug-likeness (QED) is 0.511. The number of rotatable bonds is 4. The number of carbonyl (C=O) groups is 1. The lowest BCUT2D eigenvalue weighted by Crippen LogP contribution is -2.29. The molecule has 29 heavy (non-hydrogen) atoms. The Balaban J connectivity index is 1.64. The Morgan fingerprint density at radius 1 is 1.34 bits per heavy atom. The minimum absolute atomic E-state index is 0.212. The van der Waals surface area contributed by atoms with Gasteiger partial charge in [-0.05, 0) is 66.5 Å². The highest BCUT2D eigenvalue weighted by Gasteiger charge is 2.32. The van der Waals surface area contributed by atoms with Gasteiger partial charge in [0.15, 0.2) is 0 Å². The third-order valence-electron chi connectivity index (χ3n) is 6.41. The van der Waals surface area contributed by atoms with E-state index in [2.05, 4.69) is 32.2 Å². The third kappa shape index (κ3) is 3.86. The van der Waals surface area contributed by atoms with Gasteiger partial charge in [-0.25, -0.2) is 4.98 Å². The van der Waals surface area contributed by atoms with Crippen molar-refractivity contribution in [2.24, 2.45) is 11.3 Å². The van der Waals surface area contributed by atoms with Gasteiger partial charge in [0.1, 0.15) is 9.71 Å². The van der Waals surface area contributed by atoms with Gasteiger partial charge in [-0.15, -0.1) is 11.3 Å². The van der Waals surface area contributed by atoms with Crippen LogP contribution >= 0.6 is 22.9 Å². The largest absolute Gasteiger partial charge is 0.397 e. The molecule has 1 unspecified atom stereocenters. The summed E-state index contributed by atoms with van der Waals surface area (Å²) in [5, 5.41) is 4.42. The Bertz CT molecular complexity index is 1070. The normalized spacial score (nSPS) is 16.6. The summed E-state index contributed by atoms with van der Waals surface area (Å²) < 4.78 is 0. The molecule has 1 atom stereocenters. The molecule has 4 nitrogen and oxygen atoms in total. The number of hydrogen-bond acceptors (Lipinski definition) is 4. The fourth-order valence-corrected chi connectivity index (χ4v) is 5.15. The van der Waals surface area contributed by atoms with Crippen molar-refractivity contribution >= 4 is 50.4 Å². The van der Waals surface area contributed by atoms with E-state index < -0.39 is 0 Å². The molecule has 6 heteroatoms. The predicted molar refractivity (Wildman–Crippen MR) is 123 cm³/mol. The molecule has 3 N–H and O–H groups in total. The molecular formula is C23H26ClN3OS. The number of halogens is 1. The number of hydrogen-bond donors (Lipinski definition) is 2. The second-order valence-electron chi connectivity index (χ2n) is 8.53. The molecule has 1 aromatic carbocycles. The highest BCUT2D eigenvalue weighted by Crippen LogP contribution is 2.42. The Morgan fingerprint density at radius 2 is 2.07 bits per heavy atom. The van der Waals surface area contributed by atoms with Crippen LogP contribution in [0, 0.1) is 11.3 Å². The summed E-state index contributed by atoms with van der Waals surface area (Å²) >= 11 is 7.28. The van der Waals surface area contributed by atoms with Crippen molar-refractivity contribution in [3.05, 3.63) is 51.5 Å². The standard InChI is InChI=1S/C23H26ClN3OS/c1-4-23(2,3)14-5-10-18-13(11-14)12-17-19(25)20(29-22(17)27-18)21(28)26-16-8-6-15(24)7-9-16/h6-9,12,14H,4-5,10-11,25H2,1-3H3,(H,26,28). The first-order valence-corrected chi connectivity index (χ1v) is 11.3. The molecule has 0 spiro atoms. The van der Waals surface area contributed by atoms with Crippen LogP contribution in [0.25, 0.3) is 10.2 Å². The summed E-state index contributed by atoms with van der Waals surface area (Å²) in [6.45, 7) is 6.97. The van der Waals surface area contributed by atoms with E-state index in [1.807, 2.05) is 0 Å². The highest BCUT2D eigenvalue weighted by molar-refractivity contribution is 7.21. The minimum Gasteiger partial charge on any atom is -0.397 e. The highest BCUT2D eigenvalue weighted by atomic mass is 35.5. The van der Waals surface area contributed by atoms with Gasteiger partial charge in [0.05, 0.1) is 5.69 Å². The zero-order valence-electron chi connectivity index (χ0n) is 17.0. The first-order chi connectivity index (χ1) is 13.8. The molecule has 0 radical (unpaired) electrons. The fourth-order valence-electron chi connectivity index (χ4n) is 4.04. The first-order valence-electron chi connectivity index (χ1n) is 10.1. The Kier molecular flexibility index (Phi) is 5.30. The number of thiophene rings is 1. The lowest BCUT2D eigenvalue weighted by atomic mass is 9.69. The number of pyridine rings is 1. The number of nitrogens with two attached hydrogens (primary N) is 1. The van der Waals surface area contributed by atoms with Crippen LogP contribution in [0.4, 0.5) is 11.4 Å². The van der Waals surface area contributed by atoms with Crippen molar-refractivity contribution in [3.63, 3.8) is 0 Å². The summed E-state index contributed by atoms with van der Waals surface area (Å²) in [6, 6.07) is 9.21. The van der Waals surface area contributed by atoms with E-state index in [1.165, 1.54) is 16.9 Å². The molecule has 0 bridgehead atoms. The van der Waals surface area contributed by atoms with Crippen molar-refractivity contribution in [3.8, 4) is 0 Å². The average molecular weight is 428 g/mol. The molecule has 0 fully saturated rings. The van der Waals surface area contributed by atoms with Crippen LogP contribution in [-0.4, -0.2) is 10.9 Å². The van der Waals surface area contributed by atoms with Gasteiger partial charge >= 0.3 is 0 Å². The number of carbonyl (C=O) groups excluding carboxylic acids is 1. The molecule has 1 aliphatic carbocycles. The van der Waals surface area contributed by atoms with Crippen molar-refractivity contribution in [2.45, 2.75) is 46.5 Å². The maximum atomic E-state index is 12.8. The van der Waals surface area contributed by atoms with Gasteiger partial charge in [0.2, 0.25) is 0 Å². The van der Waals surface area contributed by atoms with Gasteiger partial charge in [-0.3, -0.25) is 4.79 Å². The van der Waals surface area contributed by atoms with E-state index in [0.717, 1.165) is 41.6 Å². The maximum absolute atomic E-state index is 12.8. The molecule has 0 aliphatic heterocycles. The fraction of sp³-hybridized carbons (Fsp3) is 0.391. The monoisotopic (exact) mass is 427 g/mol. The molecule has 0 saturated heterocycles. The van der Waals surface area contributed by atoms with Crippen LogP contribution < -0.4 is 11.1 Å². The molecule has 2 aromatic heterocycles. The van der Waals surface area contributed by atoms with Crippen molar-refractivity contribution < 1.29 is 4.79 Å². The molecule has 0 saturated carbocycles. The minimum atomic E-state index is -0.212. The second kappa shape index (κ2) is 7.62. The van der Waals surface area contributed by atoms with Gasteiger partial charge in [0, 0.05) is 21.8 Å². The van der Waals surface area contributed by atoms with Gasteiger partial charge in [-0.2, -0.15) is 0 Å². The van der Waals surface area contributed by atoms with E-state index in [1.54, 1.807) is 24.3 Å². The molecular weight excluding hydrogens is 402 g/mol. The van der Waals surface area contributed by atoms with Crippen LogP contribution in [0.3, 0.4) is 0 Å². The van der Waals surface area contributed by atoms with Crippen LogP contribution in [0.2, 0.25) is 5.02 Å². The molecule has 3 aromatic rings. The van der Waals surface area contributed by atoms with Gasteiger partial charge in [-0.1, -0.05) is 38.8 Å². The summed E-state index contributed by atoms with van der Waals surface area (Å²) in [5.74, 6) is 0.433. The Hall–Kier alpha value is -2.11. The SMILES string of the molecule is CCC(C)(C)C1CCc2nc3sc(C(=O)Nc4ccc(Cl)cc4)c(N)c3cc2C1. The lowest BCUT2D eigenvalue weighted by molar-refractivity contribution is 0.103. The molecule has 2 heterocycles. The van der Waals surface area contributed by atoms with E-state index in [0.29, 0.717) is 32.6 Å². The topological polar surface area (TPSA) is 68.0 Å². The van der Waals surface area contributed by atoms with Crippen LogP contribution in [0.15, 0.2) is 30.3 Å². The summed E-state index contributed by atoms with van der Waals surface area (Å²) in [5.41, 5.74) is 10.3. The zero-order valence-corrected chi connectivity index (χ0v) is 18.6. The van der Waals surface area contributed by atoms with Crippen molar-refractivity contribution in [2.75, 3.05) is 11.1 Å². The molecule has 1 aliphatic rings. The number of nitrogens with zero attached hydrogens (tertiary/aromatic N) is 1. The van der Waals surface area contributed by atoms with Crippen LogP contribution in [-0.2, 0) is 12.8 Å². The van der Waals surface area contributed by atoms with Gasteiger partial charge < -0.3 is 11.1 Å². The van der Waals surface area contributed by atoms with Crippen LogP contribution in [0.5, 0.6) is 0 Å². The second-order valence-corrected chi connectivity index (χ2v) is 9.97. The molecule has 4 rings (SSSR count). The lowest BCUT2D eigenvalue weighted by Gasteiger charge is -2.36. The number of nitrogens with one attached hydrogen (secondary N) is 1. The number of nitrogen functional groups attached to an aromatic ring is 1. The number of fused-ring (bicyclic) bond motifs is 2. The average Bonchev–Trinajstić information content (AvgIpc) is 3.03. The Morgan fingerprint density at radius 3 is 2.76 bits per heavy atom. The Labute approximate surface area is 180 Å². The number of anilines is 2. The summed E-state index contributed by atoms with van der Waals surface area (Å²) in [6.07, 6.45) is 4.35. The molecule has 152 valence electrons. The third-order valence-corrected chi connectivity index (χ3v) is 7.78. The van der Waals surface area contributed by atoms with Crippen LogP contribution in [0.1, 0.15) is 54.5 Å². The van der Waals surface area contributed by atoms with E-state index >= 15 is 0 Å². The zero-order chi connectivity index (χ0) is 20.8. The van der Waals surface area contributed by atoms with Crippen molar-refractivity contribution in [1.82, 2.24) is 4.98 Å². The van der Waals surface area contributed by atoms with E-state index in [9.17, 15) is 4.79 Å². The van der Waals surface area contributed by atoms with Crippen molar-refractivity contribution in [1.29, 1.82) is 0 Å². The van der Waals surface area contributed by atoms with E-state index in [4.69, 9.17) is 22.3 Å². The maximum Gasteiger partial charge on any atom is 0.267 e. The number of aryl methyl sites for hydroxylation is 1. The molecule has 1 amide bonds. The predicted octanol–water partition coefficient (Wildman–Crippen LogP) is 6.33. The van der Waals surface area contributed by atoms with E-state index in [-0.39, 0.29) is 5.91 Å². The summed E-state index contributed by atoms with van der Waals surface area (Å²) in [4.78, 5) is 19.0. The number of benzene rings is 1.